The fourth-order valence-corrected chi connectivity index (χ4v) is 1.70. The third kappa shape index (κ3) is 3.78. The van der Waals surface area contributed by atoms with Crippen LogP contribution in [0.2, 0.25) is 0 Å². The quantitative estimate of drug-likeness (QED) is 0.858. The van der Waals surface area contributed by atoms with Crippen molar-refractivity contribution in [3.05, 3.63) is 35.1 Å². The van der Waals surface area contributed by atoms with Gasteiger partial charge < -0.3 is 15.4 Å². The van der Waals surface area contributed by atoms with Crippen molar-refractivity contribution in [2.45, 2.75) is 13.0 Å². The topological polar surface area (TPSA) is 55.6 Å². The molecule has 0 radical (unpaired) electrons. The van der Waals surface area contributed by atoms with Crippen LogP contribution < -0.4 is 5.73 Å². The number of benzene rings is 1. The molecule has 0 aliphatic heterocycles. The molecule has 4 nitrogen and oxygen atoms in total. The lowest BCUT2D eigenvalue weighted by Crippen LogP contribution is -2.41. The lowest BCUT2D eigenvalue weighted by molar-refractivity contribution is 0.0760. The predicted molar refractivity (Wildman–Crippen MR) is 67.9 cm³/mol. The number of rotatable bonds is 5. The van der Waals surface area contributed by atoms with E-state index in [-0.39, 0.29) is 17.5 Å². The third-order valence-electron chi connectivity index (χ3n) is 2.59. The minimum absolute atomic E-state index is 0.0627. The maximum atomic E-state index is 13.6. The van der Waals surface area contributed by atoms with Crippen LogP contribution in [-0.4, -0.2) is 44.2 Å². The Morgan fingerprint density at radius 2 is 2.22 bits per heavy atom. The summed E-state index contributed by atoms with van der Waals surface area (Å²) in [6, 6.07) is 4.26. The lowest BCUT2D eigenvalue weighted by atomic mass is 10.1. The van der Waals surface area contributed by atoms with E-state index in [1.807, 2.05) is 0 Å². The van der Waals surface area contributed by atoms with E-state index >= 15 is 0 Å². The minimum Gasteiger partial charge on any atom is -0.383 e. The molecule has 5 heteroatoms. The normalized spacial score (nSPS) is 12.3. The van der Waals surface area contributed by atoms with Gasteiger partial charge in [0.2, 0.25) is 0 Å². The molecule has 0 aliphatic carbocycles. The van der Waals surface area contributed by atoms with Crippen molar-refractivity contribution >= 4 is 5.91 Å². The molecule has 0 fully saturated rings. The summed E-state index contributed by atoms with van der Waals surface area (Å²) < 4.78 is 18.5. The number of amides is 1. The summed E-state index contributed by atoms with van der Waals surface area (Å²) in [7, 11) is 3.14. The van der Waals surface area contributed by atoms with Crippen molar-refractivity contribution in [1.82, 2.24) is 4.90 Å². The molecule has 0 saturated heterocycles. The Morgan fingerprint density at radius 1 is 1.56 bits per heavy atom. The molecule has 0 aromatic heterocycles. The van der Waals surface area contributed by atoms with Gasteiger partial charge >= 0.3 is 0 Å². The van der Waals surface area contributed by atoms with Gasteiger partial charge in [-0.05, 0) is 24.6 Å². The number of likely N-dealkylation sites (N-methyl/N-ethyl adjacent to an activating group) is 1. The van der Waals surface area contributed by atoms with Crippen LogP contribution in [0, 0.1) is 12.7 Å². The molecule has 2 N–H and O–H groups in total. The van der Waals surface area contributed by atoms with E-state index in [4.69, 9.17) is 10.5 Å². The summed E-state index contributed by atoms with van der Waals surface area (Å²) in [4.78, 5) is 13.4. The highest BCUT2D eigenvalue weighted by molar-refractivity contribution is 5.94. The number of aryl methyl sites for hydroxylation is 1. The SMILES string of the molecule is COCC(N)CN(C)C(=O)c1ccc(C)cc1F. The third-order valence-corrected chi connectivity index (χ3v) is 2.59. The van der Waals surface area contributed by atoms with Crippen LogP contribution >= 0.6 is 0 Å². The van der Waals surface area contributed by atoms with E-state index in [1.54, 1.807) is 27.1 Å². The molecule has 0 heterocycles. The maximum Gasteiger partial charge on any atom is 0.256 e. The molecular formula is C13H19FN2O2. The highest BCUT2D eigenvalue weighted by atomic mass is 19.1. The van der Waals surface area contributed by atoms with Crippen LogP contribution in [0.3, 0.4) is 0 Å². The summed E-state index contributed by atoms with van der Waals surface area (Å²) >= 11 is 0. The van der Waals surface area contributed by atoms with Gasteiger partial charge in [0.1, 0.15) is 5.82 Å². The van der Waals surface area contributed by atoms with E-state index in [0.717, 1.165) is 5.56 Å². The summed E-state index contributed by atoms with van der Waals surface area (Å²) in [5.74, 6) is -0.883. The smallest absolute Gasteiger partial charge is 0.256 e. The summed E-state index contributed by atoms with van der Waals surface area (Å²) in [6.45, 7) is 2.45. The average molecular weight is 254 g/mol. The molecule has 0 bridgehead atoms. The van der Waals surface area contributed by atoms with Gasteiger partial charge in [-0.1, -0.05) is 6.07 Å². The van der Waals surface area contributed by atoms with Crippen molar-refractivity contribution in [2.24, 2.45) is 5.73 Å². The maximum absolute atomic E-state index is 13.6. The molecule has 1 atom stereocenters. The number of carbonyl (C=O) groups is 1. The van der Waals surface area contributed by atoms with E-state index in [0.29, 0.717) is 13.2 Å². The molecule has 1 rings (SSSR count). The molecule has 100 valence electrons. The number of nitrogens with zero attached hydrogens (tertiary/aromatic N) is 1. The van der Waals surface area contributed by atoms with Gasteiger partial charge in [0.25, 0.3) is 5.91 Å². The molecule has 1 amide bonds. The van der Waals surface area contributed by atoms with Crippen LogP contribution in [0.4, 0.5) is 4.39 Å². The number of carbonyl (C=O) groups excluding carboxylic acids is 1. The first-order valence-electron chi connectivity index (χ1n) is 5.71. The predicted octanol–water partition coefficient (Wildman–Crippen LogP) is 1.18. The number of ether oxygens (including phenoxy) is 1. The number of hydrogen-bond donors (Lipinski definition) is 1. The first-order valence-corrected chi connectivity index (χ1v) is 5.71. The summed E-state index contributed by atoms with van der Waals surface area (Å²) in [5.41, 5.74) is 6.59. The Kier molecular flexibility index (Phi) is 5.25. The molecule has 18 heavy (non-hydrogen) atoms. The zero-order valence-corrected chi connectivity index (χ0v) is 10.9. The monoisotopic (exact) mass is 254 g/mol. The molecule has 1 aromatic rings. The van der Waals surface area contributed by atoms with Crippen molar-refractivity contribution in [3.63, 3.8) is 0 Å². The Balaban J connectivity index is 2.74. The van der Waals surface area contributed by atoms with Crippen LogP contribution in [0.5, 0.6) is 0 Å². The Morgan fingerprint density at radius 3 is 2.78 bits per heavy atom. The number of methoxy groups -OCH3 is 1. The molecule has 0 saturated carbocycles. The lowest BCUT2D eigenvalue weighted by Gasteiger charge is -2.21. The van der Waals surface area contributed by atoms with Crippen LogP contribution in [0.25, 0.3) is 0 Å². The van der Waals surface area contributed by atoms with Crippen molar-refractivity contribution in [3.8, 4) is 0 Å². The average Bonchev–Trinajstić information content (AvgIpc) is 2.28. The Bertz CT molecular complexity index is 423. The van der Waals surface area contributed by atoms with Crippen molar-refractivity contribution in [1.29, 1.82) is 0 Å². The van der Waals surface area contributed by atoms with Crippen LogP contribution in [0.1, 0.15) is 15.9 Å². The van der Waals surface area contributed by atoms with Gasteiger partial charge in [-0.15, -0.1) is 0 Å². The van der Waals surface area contributed by atoms with E-state index in [1.165, 1.54) is 17.0 Å². The highest BCUT2D eigenvalue weighted by Gasteiger charge is 2.18. The minimum atomic E-state index is -0.507. The van der Waals surface area contributed by atoms with Crippen LogP contribution in [-0.2, 0) is 4.74 Å². The summed E-state index contributed by atoms with van der Waals surface area (Å²) in [6.07, 6.45) is 0. The first kappa shape index (κ1) is 14.6. The van der Waals surface area contributed by atoms with Gasteiger partial charge in [-0.3, -0.25) is 4.79 Å². The van der Waals surface area contributed by atoms with Crippen LogP contribution in [0.15, 0.2) is 18.2 Å². The second-order valence-electron chi connectivity index (χ2n) is 4.38. The molecule has 1 aromatic carbocycles. The second-order valence-corrected chi connectivity index (χ2v) is 4.38. The van der Waals surface area contributed by atoms with Gasteiger partial charge in [0, 0.05) is 26.7 Å². The van der Waals surface area contributed by atoms with Gasteiger partial charge in [0.05, 0.1) is 12.2 Å². The fraction of sp³-hybridized carbons (Fsp3) is 0.462. The zero-order chi connectivity index (χ0) is 13.7. The number of hydrogen-bond acceptors (Lipinski definition) is 3. The zero-order valence-electron chi connectivity index (χ0n) is 10.9. The highest BCUT2D eigenvalue weighted by Crippen LogP contribution is 2.12. The molecule has 0 aliphatic rings. The van der Waals surface area contributed by atoms with E-state index < -0.39 is 5.82 Å². The number of halogens is 1. The van der Waals surface area contributed by atoms with Gasteiger partial charge in [0.15, 0.2) is 0 Å². The summed E-state index contributed by atoms with van der Waals surface area (Å²) in [5, 5.41) is 0. The largest absolute Gasteiger partial charge is 0.383 e. The van der Waals surface area contributed by atoms with Crippen molar-refractivity contribution in [2.75, 3.05) is 27.3 Å². The Hall–Kier alpha value is -1.46. The fourth-order valence-electron chi connectivity index (χ4n) is 1.70. The van der Waals surface area contributed by atoms with Crippen molar-refractivity contribution < 1.29 is 13.9 Å². The number of nitrogens with two attached hydrogens (primary N) is 1. The molecule has 0 spiro atoms. The van der Waals surface area contributed by atoms with Gasteiger partial charge in [-0.2, -0.15) is 0 Å². The van der Waals surface area contributed by atoms with E-state index in [2.05, 4.69) is 0 Å². The standard InChI is InChI=1S/C13H19FN2O2/c1-9-4-5-11(12(14)6-9)13(17)16(2)7-10(15)8-18-3/h4-6,10H,7-8,15H2,1-3H3. The Labute approximate surface area is 107 Å². The van der Waals surface area contributed by atoms with E-state index in [9.17, 15) is 9.18 Å². The second kappa shape index (κ2) is 6.47. The molecular weight excluding hydrogens is 235 g/mol. The molecule has 1 unspecified atom stereocenters. The van der Waals surface area contributed by atoms with Gasteiger partial charge in [-0.25, -0.2) is 4.39 Å². The first-order chi connectivity index (χ1) is 8.45.